The van der Waals surface area contributed by atoms with Gasteiger partial charge in [0.15, 0.2) is 5.01 Å². The van der Waals surface area contributed by atoms with Crippen LogP contribution in [0, 0.1) is 0 Å². The summed E-state index contributed by atoms with van der Waals surface area (Å²) in [4.78, 5) is 12.2. The van der Waals surface area contributed by atoms with E-state index < -0.39 is 5.54 Å². The number of amides is 1. The first kappa shape index (κ1) is 17.1. The zero-order valence-electron chi connectivity index (χ0n) is 11.7. The second kappa shape index (κ2) is 6.91. The Balaban J connectivity index is 0.00000176. The van der Waals surface area contributed by atoms with E-state index in [1.807, 2.05) is 18.2 Å². The van der Waals surface area contributed by atoms with Crippen LogP contribution in [0.25, 0.3) is 10.6 Å². The summed E-state index contributed by atoms with van der Waals surface area (Å²) < 4.78 is 0. The van der Waals surface area contributed by atoms with E-state index in [0.29, 0.717) is 15.2 Å². The van der Waals surface area contributed by atoms with Gasteiger partial charge >= 0.3 is 0 Å². The molecule has 0 saturated heterocycles. The maximum atomic E-state index is 12.2. The fourth-order valence-electron chi connectivity index (χ4n) is 2.47. The number of nitrogens with one attached hydrogen (secondary N) is 1. The smallest absolute Gasteiger partial charge is 0.246 e. The molecule has 1 aliphatic rings. The molecular formula is C14H16Cl2N4OS. The van der Waals surface area contributed by atoms with Crippen molar-refractivity contribution in [2.75, 3.05) is 5.32 Å². The third kappa shape index (κ3) is 3.41. The first-order valence-corrected chi connectivity index (χ1v) is 7.97. The number of carbonyl (C=O) groups is 1. The molecule has 0 atom stereocenters. The van der Waals surface area contributed by atoms with E-state index in [0.717, 1.165) is 31.2 Å². The van der Waals surface area contributed by atoms with E-state index in [-0.39, 0.29) is 18.3 Å². The highest BCUT2D eigenvalue weighted by Crippen LogP contribution is 2.33. The van der Waals surface area contributed by atoms with Gasteiger partial charge in [0.05, 0.1) is 10.6 Å². The largest absolute Gasteiger partial charge is 0.317 e. The molecule has 0 unspecified atom stereocenters. The summed E-state index contributed by atoms with van der Waals surface area (Å²) in [6, 6.07) is 7.40. The molecule has 2 aromatic rings. The molecule has 1 saturated carbocycles. The number of nitrogens with zero attached hydrogens (tertiary/aromatic N) is 2. The van der Waals surface area contributed by atoms with Crippen LogP contribution < -0.4 is 11.1 Å². The summed E-state index contributed by atoms with van der Waals surface area (Å²) in [6.45, 7) is 0. The summed E-state index contributed by atoms with van der Waals surface area (Å²) in [6.07, 6.45) is 3.42. The Bertz CT molecular complexity index is 670. The molecule has 22 heavy (non-hydrogen) atoms. The first-order valence-electron chi connectivity index (χ1n) is 6.77. The third-order valence-corrected chi connectivity index (χ3v) is 4.90. The van der Waals surface area contributed by atoms with Crippen LogP contribution in [-0.2, 0) is 4.79 Å². The third-order valence-electron chi connectivity index (χ3n) is 3.70. The van der Waals surface area contributed by atoms with E-state index in [1.54, 1.807) is 6.07 Å². The second-order valence-electron chi connectivity index (χ2n) is 5.21. The van der Waals surface area contributed by atoms with Crippen LogP contribution in [0.4, 0.5) is 5.13 Å². The summed E-state index contributed by atoms with van der Waals surface area (Å²) in [5, 5.41) is 12.6. The van der Waals surface area contributed by atoms with E-state index in [4.69, 9.17) is 17.3 Å². The van der Waals surface area contributed by atoms with Crippen LogP contribution in [0.5, 0.6) is 0 Å². The van der Waals surface area contributed by atoms with Gasteiger partial charge in [-0.1, -0.05) is 54.0 Å². The number of aromatic nitrogens is 2. The molecule has 1 heterocycles. The van der Waals surface area contributed by atoms with Crippen LogP contribution >= 0.6 is 35.3 Å². The molecule has 118 valence electrons. The maximum absolute atomic E-state index is 12.2. The fourth-order valence-corrected chi connectivity index (χ4v) is 3.53. The minimum atomic E-state index is -0.768. The Morgan fingerprint density at radius 1 is 1.27 bits per heavy atom. The summed E-state index contributed by atoms with van der Waals surface area (Å²) in [5.41, 5.74) is 6.15. The van der Waals surface area contributed by atoms with Crippen molar-refractivity contribution in [3.63, 3.8) is 0 Å². The number of nitrogens with two attached hydrogens (primary N) is 1. The highest BCUT2D eigenvalue weighted by atomic mass is 35.5. The van der Waals surface area contributed by atoms with Gasteiger partial charge in [-0.2, -0.15) is 0 Å². The number of hydrogen-bond donors (Lipinski definition) is 2. The quantitative estimate of drug-likeness (QED) is 0.879. The Morgan fingerprint density at radius 2 is 1.95 bits per heavy atom. The number of benzene rings is 1. The second-order valence-corrected chi connectivity index (χ2v) is 6.59. The highest BCUT2D eigenvalue weighted by molar-refractivity contribution is 7.18. The van der Waals surface area contributed by atoms with Gasteiger partial charge in [0.2, 0.25) is 11.0 Å². The molecule has 1 aromatic carbocycles. The Hall–Kier alpha value is -1.21. The lowest BCUT2D eigenvalue weighted by Gasteiger charge is -2.20. The van der Waals surface area contributed by atoms with Gasteiger partial charge in [-0.15, -0.1) is 22.6 Å². The topological polar surface area (TPSA) is 80.9 Å². The van der Waals surface area contributed by atoms with Crippen molar-refractivity contribution in [1.29, 1.82) is 0 Å². The molecule has 3 N–H and O–H groups in total. The fraction of sp³-hybridized carbons (Fsp3) is 0.357. The molecule has 1 aliphatic carbocycles. The van der Waals surface area contributed by atoms with Gasteiger partial charge in [-0.25, -0.2) is 0 Å². The number of hydrogen-bond acceptors (Lipinski definition) is 5. The molecule has 1 aromatic heterocycles. The standard InChI is InChI=1S/C14H15ClN4OS.ClH/c15-10-6-2-1-5-9(10)11-18-19-13(21-11)17-12(20)14(16)7-3-4-8-14;/h1-2,5-6H,3-4,7-8,16H2,(H,17,19,20);1H. The predicted molar refractivity (Wildman–Crippen MR) is 91.6 cm³/mol. The number of carbonyl (C=O) groups excluding carboxylic acids is 1. The summed E-state index contributed by atoms with van der Waals surface area (Å²) in [5.74, 6) is -0.179. The predicted octanol–water partition coefficient (Wildman–Crippen LogP) is 3.49. The van der Waals surface area contributed by atoms with E-state index in [1.165, 1.54) is 11.3 Å². The molecule has 0 radical (unpaired) electrons. The average Bonchev–Trinajstić information content (AvgIpc) is 3.09. The lowest BCUT2D eigenvalue weighted by Crippen LogP contribution is -2.48. The molecule has 0 spiro atoms. The van der Waals surface area contributed by atoms with Crippen molar-refractivity contribution >= 4 is 46.4 Å². The van der Waals surface area contributed by atoms with Gasteiger partial charge in [-0.05, 0) is 18.9 Å². The normalized spacial score (nSPS) is 16.1. The van der Waals surface area contributed by atoms with Crippen molar-refractivity contribution < 1.29 is 4.79 Å². The Morgan fingerprint density at radius 3 is 2.64 bits per heavy atom. The van der Waals surface area contributed by atoms with Gasteiger partial charge < -0.3 is 5.73 Å². The molecule has 1 fully saturated rings. The molecule has 8 heteroatoms. The number of halogens is 2. The van der Waals surface area contributed by atoms with Gasteiger partial charge in [-0.3, -0.25) is 10.1 Å². The van der Waals surface area contributed by atoms with Crippen molar-refractivity contribution in [1.82, 2.24) is 10.2 Å². The molecule has 0 bridgehead atoms. The lowest BCUT2D eigenvalue weighted by molar-refractivity contribution is -0.121. The Kier molecular flexibility index (Phi) is 5.39. The van der Waals surface area contributed by atoms with Crippen molar-refractivity contribution in [2.24, 2.45) is 5.73 Å². The van der Waals surface area contributed by atoms with Crippen LogP contribution in [0.1, 0.15) is 25.7 Å². The van der Waals surface area contributed by atoms with Crippen molar-refractivity contribution in [2.45, 2.75) is 31.2 Å². The van der Waals surface area contributed by atoms with E-state index in [9.17, 15) is 4.79 Å². The maximum Gasteiger partial charge on any atom is 0.246 e. The van der Waals surface area contributed by atoms with E-state index >= 15 is 0 Å². The van der Waals surface area contributed by atoms with Crippen LogP contribution in [-0.4, -0.2) is 21.6 Å². The van der Waals surface area contributed by atoms with Crippen LogP contribution in [0.3, 0.4) is 0 Å². The zero-order chi connectivity index (χ0) is 14.9. The molecule has 1 amide bonds. The lowest BCUT2D eigenvalue weighted by atomic mass is 9.98. The van der Waals surface area contributed by atoms with Crippen LogP contribution in [0.15, 0.2) is 24.3 Å². The van der Waals surface area contributed by atoms with Gasteiger partial charge in [0, 0.05) is 5.56 Å². The molecule has 0 aliphatic heterocycles. The minimum Gasteiger partial charge on any atom is -0.317 e. The Labute approximate surface area is 143 Å². The first-order chi connectivity index (χ1) is 10.1. The SMILES string of the molecule is Cl.NC1(C(=O)Nc2nnc(-c3ccccc3Cl)s2)CCCC1. The molecule has 5 nitrogen and oxygen atoms in total. The monoisotopic (exact) mass is 358 g/mol. The zero-order valence-corrected chi connectivity index (χ0v) is 14.1. The molecule has 3 rings (SSSR count). The number of anilines is 1. The van der Waals surface area contributed by atoms with Gasteiger partial charge in [0.25, 0.3) is 0 Å². The summed E-state index contributed by atoms with van der Waals surface area (Å²) in [7, 11) is 0. The van der Waals surface area contributed by atoms with Crippen LogP contribution in [0.2, 0.25) is 5.02 Å². The average molecular weight is 359 g/mol. The summed E-state index contributed by atoms with van der Waals surface area (Å²) >= 11 is 7.42. The highest BCUT2D eigenvalue weighted by Gasteiger charge is 2.37. The van der Waals surface area contributed by atoms with Gasteiger partial charge in [0.1, 0.15) is 0 Å². The molecular weight excluding hydrogens is 343 g/mol. The minimum absolute atomic E-state index is 0. The van der Waals surface area contributed by atoms with Crippen molar-refractivity contribution in [3.05, 3.63) is 29.3 Å². The van der Waals surface area contributed by atoms with E-state index in [2.05, 4.69) is 15.5 Å². The van der Waals surface area contributed by atoms with Crippen molar-refractivity contribution in [3.8, 4) is 10.6 Å². The number of rotatable bonds is 3.